The van der Waals surface area contributed by atoms with Gasteiger partial charge in [0.1, 0.15) is 5.56 Å². The highest BCUT2D eigenvalue weighted by molar-refractivity contribution is 7.22. The summed E-state index contributed by atoms with van der Waals surface area (Å²) in [5, 5.41) is 11.7. The standard InChI is InChI=1S/C17H13F2N3O5S/c1-21(17-20-10-5-3-4-6-14(10)28-17)15(23)9-7-12(26-2)13(27-16(18)19)8-11(9)22(24)25/h3-8,16H,1-2H3. The van der Waals surface area contributed by atoms with Crippen LogP contribution in [-0.4, -0.2) is 36.6 Å². The lowest BCUT2D eigenvalue weighted by atomic mass is 10.1. The number of carbonyl (C=O) groups is 1. The number of nitro groups is 1. The predicted octanol–water partition coefficient (Wildman–Crippen LogP) is 4.09. The lowest BCUT2D eigenvalue weighted by molar-refractivity contribution is -0.385. The summed E-state index contributed by atoms with van der Waals surface area (Å²) < 4.78 is 35.1. The van der Waals surface area contributed by atoms with Crippen molar-refractivity contribution >= 4 is 38.3 Å². The summed E-state index contributed by atoms with van der Waals surface area (Å²) >= 11 is 1.23. The van der Waals surface area contributed by atoms with Crippen LogP contribution in [0.15, 0.2) is 36.4 Å². The first kappa shape index (κ1) is 19.4. The fourth-order valence-corrected chi connectivity index (χ4v) is 3.42. The lowest BCUT2D eigenvalue weighted by Gasteiger charge is -2.16. The van der Waals surface area contributed by atoms with E-state index in [1.165, 1.54) is 25.5 Å². The van der Waals surface area contributed by atoms with Crippen molar-refractivity contribution in [2.45, 2.75) is 6.61 Å². The number of amides is 1. The SMILES string of the molecule is COc1cc(C(=O)N(C)c2nc3ccccc3s2)c([N+](=O)[O-])cc1OC(F)F. The molecule has 0 saturated heterocycles. The molecule has 1 heterocycles. The number of hydrogen-bond donors (Lipinski definition) is 0. The van der Waals surface area contributed by atoms with E-state index in [0.29, 0.717) is 10.6 Å². The van der Waals surface area contributed by atoms with Crippen LogP contribution < -0.4 is 14.4 Å². The van der Waals surface area contributed by atoms with Crippen LogP contribution in [0.5, 0.6) is 11.5 Å². The minimum Gasteiger partial charge on any atom is -0.493 e. The first-order valence-electron chi connectivity index (χ1n) is 7.76. The van der Waals surface area contributed by atoms with E-state index in [1.807, 2.05) is 12.1 Å². The van der Waals surface area contributed by atoms with Crippen molar-refractivity contribution in [2.75, 3.05) is 19.1 Å². The van der Waals surface area contributed by atoms with Crippen LogP contribution in [0, 0.1) is 10.1 Å². The number of thiazole rings is 1. The molecule has 0 saturated carbocycles. The maximum absolute atomic E-state index is 12.9. The number of carbonyl (C=O) groups excluding carboxylic acids is 1. The third-order valence-corrected chi connectivity index (χ3v) is 4.91. The van der Waals surface area contributed by atoms with E-state index in [9.17, 15) is 23.7 Å². The second kappa shape index (κ2) is 7.72. The van der Waals surface area contributed by atoms with Crippen LogP contribution in [0.25, 0.3) is 10.2 Å². The van der Waals surface area contributed by atoms with Gasteiger partial charge < -0.3 is 9.47 Å². The second-order valence-electron chi connectivity index (χ2n) is 5.48. The topological polar surface area (TPSA) is 94.8 Å². The summed E-state index contributed by atoms with van der Waals surface area (Å²) in [6, 6.07) is 8.97. The van der Waals surface area contributed by atoms with Gasteiger partial charge in [-0.15, -0.1) is 0 Å². The Hall–Kier alpha value is -3.34. The summed E-state index contributed by atoms with van der Waals surface area (Å²) in [6.07, 6.45) is 0. The van der Waals surface area contributed by atoms with E-state index in [-0.39, 0.29) is 11.3 Å². The number of nitro benzene ring substituents is 1. The van der Waals surface area contributed by atoms with Gasteiger partial charge in [-0.1, -0.05) is 23.5 Å². The molecule has 1 amide bonds. The van der Waals surface area contributed by atoms with Crippen molar-refractivity contribution in [1.29, 1.82) is 0 Å². The minimum absolute atomic E-state index is 0.230. The fourth-order valence-electron chi connectivity index (χ4n) is 2.49. The van der Waals surface area contributed by atoms with Gasteiger partial charge in [-0.2, -0.15) is 8.78 Å². The van der Waals surface area contributed by atoms with Crippen molar-refractivity contribution in [3.05, 3.63) is 52.1 Å². The van der Waals surface area contributed by atoms with Crippen LogP contribution in [0.4, 0.5) is 19.6 Å². The first-order chi connectivity index (χ1) is 13.3. The van der Waals surface area contributed by atoms with E-state index in [2.05, 4.69) is 9.72 Å². The molecule has 11 heteroatoms. The van der Waals surface area contributed by atoms with Gasteiger partial charge >= 0.3 is 6.61 Å². The van der Waals surface area contributed by atoms with Gasteiger partial charge in [0.2, 0.25) is 0 Å². The number of methoxy groups -OCH3 is 1. The molecule has 1 aromatic heterocycles. The maximum Gasteiger partial charge on any atom is 0.387 e. The quantitative estimate of drug-likeness (QED) is 0.450. The number of benzene rings is 2. The molecular weight excluding hydrogens is 396 g/mol. The molecule has 0 bridgehead atoms. The van der Waals surface area contributed by atoms with Gasteiger partial charge in [0.05, 0.1) is 28.3 Å². The van der Waals surface area contributed by atoms with Crippen molar-refractivity contribution in [3.8, 4) is 11.5 Å². The number of para-hydroxylation sites is 1. The number of alkyl halides is 2. The molecule has 0 aliphatic heterocycles. The average Bonchev–Trinajstić information content (AvgIpc) is 3.10. The Bertz CT molecular complexity index is 1020. The Morgan fingerprint density at radius 2 is 2.00 bits per heavy atom. The van der Waals surface area contributed by atoms with E-state index < -0.39 is 28.9 Å². The summed E-state index contributed by atoms with van der Waals surface area (Å²) in [5.41, 5.74) is -0.352. The Balaban J connectivity index is 2.04. The number of hydrogen-bond acceptors (Lipinski definition) is 7. The molecular formula is C17H13F2N3O5S. The molecule has 0 unspecified atom stereocenters. The van der Waals surface area contributed by atoms with Crippen molar-refractivity contribution < 1.29 is 28.0 Å². The van der Waals surface area contributed by atoms with Crippen LogP contribution in [-0.2, 0) is 0 Å². The third-order valence-electron chi connectivity index (χ3n) is 3.80. The van der Waals surface area contributed by atoms with Crippen LogP contribution in [0.3, 0.4) is 0 Å². The Kier molecular flexibility index (Phi) is 5.36. The van der Waals surface area contributed by atoms with Gasteiger partial charge in [-0.05, 0) is 12.1 Å². The summed E-state index contributed by atoms with van der Waals surface area (Å²) in [6.45, 7) is -3.21. The second-order valence-corrected chi connectivity index (χ2v) is 6.49. The zero-order valence-electron chi connectivity index (χ0n) is 14.6. The molecule has 0 fully saturated rings. The fraction of sp³-hybridized carbons (Fsp3) is 0.176. The van der Waals surface area contributed by atoms with Gasteiger partial charge in [-0.25, -0.2) is 4.98 Å². The summed E-state index contributed by atoms with van der Waals surface area (Å²) in [4.78, 5) is 28.9. The zero-order valence-corrected chi connectivity index (χ0v) is 15.4. The normalized spacial score (nSPS) is 10.9. The lowest BCUT2D eigenvalue weighted by Crippen LogP contribution is -2.27. The molecule has 146 valence electrons. The molecule has 2 aromatic carbocycles. The van der Waals surface area contributed by atoms with Gasteiger partial charge in [0, 0.05) is 13.1 Å². The van der Waals surface area contributed by atoms with Gasteiger partial charge in [0.15, 0.2) is 16.6 Å². The number of anilines is 1. The number of nitrogens with zero attached hydrogens (tertiary/aromatic N) is 3. The number of rotatable bonds is 6. The third kappa shape index (κ3) is 3.69. The Morgan fingerprint density at radius 3 is 2.61 bits per heavy atom. The molecule has 8 nitrogen and oxygen atoms in total. The van der Waals surface area contributed by atoms with Crippen LogP contribution >= 0.6 is 11.3 Å². The highest BCUT2D eigenvalue weighted by Crippen LogP contribution is 2.37. The zero-order chi connectivity index (χ0) is 20.4. The summed E-state index contributed by atoms with van der Waals surface area (Å²) in [7, 11) is 2.59. The molecule has 0 spiro atoms. The predicted molar refractivity (Wildman–Crippen MR) is 98.6 cm³/mol. The van der Waals surface area contributed by atoms with Crippen LogP contribution in [0.1, 0.15) is 10.4 Å². The largest absolute Gasteiger partial charge is 0.493 e. The Morgan fingerprint density at radius 1 is 1.29 bits per heavy atom. The molecule has 0 aliphatic rings. The van der Waals surface area contributed by atoms with E-state index >= 15 is 0 Å². The van der Waals surface area contributed by atoms with E-state index in [0.717, 1.165) is 21.7 Å². The minimum atomic E-state index is -3.21. The number of aromatic nitrogens is 1. The number of ether oxygens (including phenoxy) is 2. The smallest absolute Gasteiger partial charge is 0.387 e. The molecule has 0 atom stereocenters. The molecule has 0 N–H and O–H groups in total. The Labute approximate surface area is 161 Å². The molecule has 3 rings (SSSR count). The highest BCUT2D eigenvalue weighted by atomic mass is 32.1. The monoisotopic (exact) mass is 409 g/mol. The highest BCUT2D eigenvalue weighted by Gasteiger charge is 2.29. The molecule has 28 heavy (non-hydrogen) atoms. The summed E-state index contributed by atoms with van der Waals surface area (Å²) in [5.74, 6) is -1.51. The van der Waals surface area contributed by atoms with Gasteiger partial charge in [-0.3, -0.25) is 19.8 Å². The van der Waals surface area contributed by atoms with E-state index in [1.54, 1.807) is 12.1 Å². The molecule has 0 aliphatic carbocycles. The average molecular weight is 409 g/mol. The van der Waals surface area contributed by atoms with Crippen molar-refractivity contribution in [1.82, 2.24) is 4.98 Å². The number of fused-ring (bicyclic) bond motifs is 1. The van der Waals surface area contributed by atoms with Crippen molar-refractivity contribution in [3.63, 3.8) is 0 Å². The molecule has 3 aromatic rings. The maximum atomic E-state index is 12.9. The van der Waals surface area contributed by atoms with Crippen LogP contribution in [0.2, 0.25) is 0 Å². The first-order valence-corrected chi connectivity index (χ1v) is 8.58. The molecule has 0 radical (unpaired) electrons. The van der Waals surface area contributed by atoms with Gasteiger partial charge in [0.25, 0.3) is 11.6 Å². The van der Waals surface area contributed by atoms with Crippen molar-refractivity contribution in [2.24, 2.45) is 0 Å². The van der Waals surface area contributed by atoms with E-state index in [4.69, 9.17) is 4.74 Å². The number of halogens is 2.